The molecule has 9 heteroatoms. The van der Waals surface area contributed by atoms with Crippen molar-refractivity contribution in [2.75, 3.05) is 31.6 Å². The van der Waals surface area contributed by atoms with Gasteiger partial charge in [0.05, 0.1) is 12.7 Å². The summed E-state index contributed by atoms with van der Waals surface area (Å²) >= 11 is 0. The minimum absolute atomic E-state index is 0.298. The fourth-order valence-electron chi connectivity index (χ4n) is 2.88. The molecule has 1 fully saturated rings. The highest BCUT2D eigenvalue weighted by Crippen LogP contribution is 2.24. The van der Waals surface area contributed by atoms with Gasteiger partial charge >= 0.3 is 0 Å². The predicted octanol–water partition coefficient (Wildman–Crippen LogP) is 2.53. The van der Waals surface area contributed by atoms with Crippen LogP contribution in [-0.2, 0) is 0 Å². The largest absolute Gasteiger partial charge is 0.357 e. The molecule has 0 aromatic carbocycles. The van der Waals surface area contributed by atoms with Gasteiger partial charge in [-0.25, -0.2) is 18.7 Å². The van der Waals surface area contributed by atoms with Crippen molar-refractivity contribution in [3.63, 3.8) is 0 Å². The summed E-state index contributed by atoms with van der Waals surface area (Å²) in [5, 5.41) is 0. The first-order valence-electron chi connectivity index (χ1n) is 8.80. The fraction of sp³-hybridized carbons (Fsp3) is 0.444. The Balaban J connectivity index is 0.00000126. The average molecular weight is 377 g/mol. The molecule has 1 aromatic heterocycles. The van der Waals surface area contributed by atoms with Crippen LogP contribution in [-0.4, -0.2) is 60.9 Å². The normalized spacial score (nSPS) is 17.4. The van der Waals surface area contributed by atoms with Crippen molar-refractivity contribution in [3.8, 4) is 0 Å². The number of allylic oxidation sites excluding steroid dienone is 1. The fourth-order valence-corrected chi connectivity index (χ4v) is 2.88. The van der Waals surface area contributed by atoms with Crippen molar-refractivity contribution < 1.29 is 8.78 Å². The number of hydrogen-bond donors (Lipinski definition) is 1. The van der Waals surface area contributed by atoms with E-state index in [9.17, 15) is 8.78 Å². The zero-order valence-corrected chi connectivity index (χ0v) is 15.4. The van der Waals surface area contributed by atoms with Gasteiger partial charge in [-0.15, -0.1) is 0 Å². The summed E-state index contributed by atoms with van der Waals surface area (Å²) in [6, 6.07) is 1.87. The van der Waals surface area contributed by atoms with Gasteiger partial charge in [0.1, 0.15) is 17.2 Å². The highest BCUT2D eigenvalue weighted by atomic mass is 19.3. The molecule has 7 nitrogen and oxygen atoms in total. The predicted molar refractivity (Wildman–Crippen MR) is 105 cm³/mol. The van der Waals surface area contributed by atoms with Crippen LogP contribution in [0.3, 0.4) is 0 Å². The minimum Gasteiger partial charge on any atom is -0.357 e. The van der Waals surface area contributed by atoms with E-state index in [1.54, 1.807) is 11.1 Å². The van der Waals surface area contributed by atoms with Gasteiger partial charge in [0.25, 0.3) is 6.43 Å². The second kappa shape index (κ2) is 10.5. The Bertz CT molecular complexity index is 709. The zero-order valence-electron chi connectivity index (χ0n) is 15.4. The van der Waals surface area contributed by atoms with E-state index >= 15 is 0 Å². The number of halogens is 2. The van der Waals surface area contributed by atoms with Gasteiger partial charge < -0.3 is 15.5 Å². The Morgan fingerprint density at radius 2 is 2.04 bits per heavy atom. The molecular weight excluding hydrogens is 352 g/mol. The average Bonchev–Trinajstić information content (AvgIpc) is 2.74. The summed E-state index contributed by atoms with van der Waals surface area (Å²) in [4.78, 5) is 20.3. The minimum atomic E-state index is -2.64. The Morgan fingerprint density at radius 3 is 2.70 bits per heavy atom. The lowest BCUT2D eigenvalue weighted by molar-refractivity contribution is 0.185. The van der Waals surface area contributed by atoms with E-state index in [1.807, 2.05) is 6.07 Å². The maximum absolute atomic E-state index is 13.0. The summed E-state index contributed by atoms with van der Waals surface area (Å²) in [5.41, 5.74) is 4.71. The van der Waals surface area contributed by atoms with E-state index in [1.165, 1.54) is 32.1 Å². The maximum Gasteiger partial charge on any atom is 0.281 e. The molecule has 146 valence electrons. The highest BCUT2D eigenvalue weighted by molar-refractivity contribution is 5.70. The van der Waals surface area contributed by atoms with E-state index < -0.39 is 6.43 Å². The SMILES string of the molecule is C=N/C=C(/c1nccc(N2CCCCC2)n1)N1C=C(C(F)F)N=CC1.CN. The third kappa shape index (κ3) is 5.40. The molecule has 27 heavy (non-hydrogen) atoms. The summed E-state index contributed by atoms with van der Waals surface area (Å²) < 4.78 is 25.9. The van der Waals surface area contributed by atoms with Crippen LogP contribution < -0.4 is 10.6 Å². The highest BCUT2D eigenvalue weighted by Gasteiger charge is 2.21. The van der Waals surface area contributed by atoms with Gasteiger partial charge in [-0.05, 0) is 39.1 Å². The second-order valence-electron chi connectivity index (χ2n) is 5.80. The first kappa shape index (κ1) is 20.6. The van der Waals surface area contributed by atoms with E-state index in [-0.39, 0.29) is 5.70 Å². The molecule has 0 atom stereocenters. The van der Waals surface area contributed by atoms with Crippen LogP contribution in [0.1, 0.15) is 25.1 Å². The van der Waals surface area contributed by atoms with Crippen molar-refractivity contribution in [1.29, 1.82) is 0 Å². The van der Waals surface area contributed by atoms with Crippen LogP contribution in [0.15, 0.2) is 40.3 Å². The molecule has 0 saturated carbocycles. The smallest absolute Gasteiger partial charge is 0.281 e. The number of anilines is 1. The van der Waals surface area contributed by atoms with Gasteiger partial charge in [-0.2, -0.15) is 0 Å². The quantitative estimate of drug-likeness (QED) is 0.798. The first-order valence-corrected chi connectivity index (χ1v) is 8.80. The Labute approximate surface area is 158 Å². The van der Waals surface area contributed by atoms with Gasteiger partial charge in [0.2, 0.25) is 0 Å². The lowest BCUT2D eigenvalue weighted by atomic mass is 10.1. The third-order valence-corrected chi connectivity index (χ3v) is 4.10. The first-order chi connectivity index (χ1) is 13.2. The molecule has 0 amide bonds. The lowest BCUT2D eigenvalue weighted by Crippen LogP contribution is -2.30. The zero-order chi connectivity index (χ0) is 19.6. The molecular formula is C18H25F2N7. The van der Waals surface area contributed by atoms with Crippen LogP contribution in [0.2, 0.25) is 0 Å². The number of nitrogens with zero attached hydrogens (tertiary/aromatic N) is 6. The molecule has 3 heterocycles. The summed E-state index contributed by atoms with van der Waals surface area (Å²) in [6.45, 7) is 5.73. The molecule has 0 spiro atoms. The number of aromatic nitrogens is 2. The summed E-state index contributed by atoms with van der Waals surface area (Å²) in [7, 11) is 1.50. The molecule has 3 rings (SSSR count). The van der Waals surface area contributed by atoms with Crippen molar-refractivity contribution in [2.45, 2.75) is 25.7 Å². The van der Waals surface area contributed by atoms with Crippen LogP contribution in [0.25, 0.3) is 5.70 Å². The molecule has 0 aliphatic carbocycles. The molecule has 2 N–H and O–H groups in total. The topological polar surface area (TPSA) is 83.0 Å². The molecule has 0 unspecified atom stereocenters. The molecule has 1 saturated heterocycles. The number of hydrogen-bond acceptors (Lipinski definition) is 7. The van der Waals surface area contributed by atoms with Crippen molar-refractivity contribution >= 4 is 24.4 Å². The molecule has 0 radical (unpaired) electrons. The van der Waals surface area contributed by atoms with Gasteiger partial charge in [0.15, 0.2) is 5.82 Å². The third-order valence-electron chi connectivity index (χ3n) is 4.10. The van der Waals surface area contributed by atoms with Crippen molar-refractivity contribution in [1.82, 2.24) is 14.9 Å². The second-order valence-corrected chi connectivity index (χ2v) is 5.80. The number of alkyl halides is 2. The Hall–Kier alpha value is -2.68. The molecule has 2 aliphatic rings. The van der Waals surface area contributed by atoms with E-state index in [2.05, 4.69) is 37.3 Å². The molecule has 2 aliphatic heterocycles. The van der Waals surface area contributed by atoms with Gasteiger partial charge in [-0.3, -0.25) is 9.98 Å². The van der Waals surface area contributed by atoms with E-state index in [4.69, 9.17) is 0 Å². The van der Waals surface area contributed by atoms with Gasteiger partial charge in [-0.1, -0.05) is 0 Å². The number of piperidine rings is 1. The van der Waals surface area contributed by atoms with E-state index in [0.717, 1.165) is 31.7 Å². The van der Waals surface area contributed by atoms with Crippen LogP contribution in [0.4, 0.5) is 14.6 Å². The standard InChI is InChI=1S/C17H20F2N6.CH5N/c1-20-11-14(25-10-7-21-13(12-25)16(18)19)17-22-6-5-15(23-17)24-8-3-2-4-9-24;1-2/h5-7,11-12,16H,1-4,8-10H2;2H2,1H3/b14-11-;. The van der Waals surface area contributed by atoms with Crippen molar-refractivity contribution in [3.05, 3.63) is 36.2 Å². The van der Waals surface area contributed by atoms with Crippen molar-refractivity contribution in [2.24, 2.45) is 15.7 Å². The number of nitrogens with two attached hydrogens (primary N) is 1. The van der Waals surface area contributed by atoms with Gasteiger partial charge in [0, 0.05) is 31.7 Å². The molecule has 0 bridgehead atoms. The monoisotopic (exact) mass is 377 g/mol. The maximum atomic E-state index is 13.0. The van der Waals surface area contributed by atoms with Crippen LogP contribution in [0.5, 0.6) is 0 Å². The lowest BCUT2D eigenvalue weighted by Gasteiger charge is -2.28. The summed E-state index contributed by atoms with van der Waals surface area (Å²) in [6.07, 6.45) is 6.77. The Morgan fingerprint density at radius 1 is 1.30 bits per heavy atom. The number of rotatable bonds is 5. The van der Waals surface area contributed by atoms with Crippen LogP contribution >= 0.6 is 0 Å². The summed E-state index contributed by atoms with van der Waals surface area (Å²) in [5.74, 6) is 1.26. The van der Waals surface area contributed by atoms with E-state index in [0.29, 0.717) is 18.1 Å². The Kier molecular flexibility index (Phi) is 8.00. The molecule has 1 aromatic rings. The van der Waals surface area contributed by atoms with Crippen LogP contribution in [0, 0.1) is 0 Å². The number of aliphatic imine (C=N–C) groups is 2.